The van der Waals surface area contributed by atoms with Crippen molar-refractivity contribution in [3.63, 3.8) is 0 Å². The monoisotopic (exact) mass is 356 g/mol. The van der Waals surface area contributed by atoms with Gasteiger partial charge in [0.05, 0.1) is 32.8 Å². The number of fused-ring (bicyclic) bond motifs is 1. The molecule has 0 aliphatic carbocycles. The Morgan fingerprint density at radius 1 is 1.40 bits per heavy atom. The summed E-state index contributed by atoms with van der Waals surface area (Å²) in [6.45, 7) is 1.91. The maximum atomic E-state index is 13.6. The summed E-state index contributed by atoms with van der Waals surface area (Å²) in [7, 11) is 1.85. The van der Waals surface area contributed by atoms with Crippen LogP contribution in [0.25, 0.3) is 16.7 Å². The highest BCUT2D eigenvalue weighted by molar-refractivity contribution is 9.10. The van der Waals surface area contributed by atoms with Crippen molar-refractivity contribution in [2.75, 3.05) is 0 Å². The summed E-state index contributed by atoms with van der Waals surface area (Å²) < 4.78 is 17.7. The number of halogens is 3. The van der Waals surface area contributed by atoms with Gasteiger partial charge in [0.1, 0.15) is 11.6 Å². The molecule has 3 aromatic rings. The molecular formula is C13H11BrClFN4. The molecule has 0 aliphatic rings. The van der Waals surface area contributed by atoms with Gasteiger partial charge in [-0.1, -0.05) is 0 Å². The first-order chi connectivity index (χ1) is 9.51. The topological polar surface area (TPSA) is 35.6 Å². The normalized spacial score (nSPS) is 11.4. The molecule has 1 aromatic carbocycles. The van der Waals surface area contributed by atoms with E-state index in [0.717, 1.165) is 16.9 Å². The lowest BCUT2D eigenvalue weighted by atomic mass is 10.3. The highest BCUT2D eigenvalue weighted by atomic mass is 79.9. The summed E-state index contributed by atoms with van der Waals surface area (Å²) >= 11 is 9.18. The van der Waals surface area contributed by atoms with Gasteiger partial charge < -0.3 is 0 Å². The zero-order chi connectivity index (χ0) is 14.4. The van der Waals surface area contributed by atoms with Crippen LogP contribution in [0.4, 0.5) is 4.39 Å². The Balaban J connectivity index is 2.38. The lowest BCUT2D eigenvalue weighted by Gasteiger charge is -2.06. The van der Waals surface area contributed by atoms with Crippen molar-refractivity contribution < 1.29 is 4.39 Å². The lowest BCUT2D eigenvalue weighted by Crippen LogP contribution is -2.00. The maximum absolute atomic E-state index is 13.6. The van der Waals surface area contributed by atoms with E-state index in [1.165, 1.54) is 6.07 Å². The SMILES string of the molecule is Cc1nn(C)cc1-n1c(CCl)nc2cc(F)c(Br)cc21. The van der Waals surface area contributed by atoms with E-state index in [1.807, 2.05) is 24.7 Å². The Bertz CT molecular complexity index is 808. The molecule has 104 valence electrons. The molecule has 0 radical (unpaired) electrons. The van der Waals surface area contributed by atoms with E-state index in [-0.39, 0.29) is 11.7 Å². The van der Waals surface area contributed by atoms with Crippen LogP contribution in [0.3, 0.4) is 0 Å². The van der Waals surface area contributed by atoms with Gasteiger partial charge in [0.2, 0.25) is 0 Å². The summed E-state index contributed by atoms with van der Waals surface area (Å²) in [4.78, 5) is 4.39. The van der Waals surface area contributed by atoms with Crippen molar-refractivity contribution in [3.05, 3.63) is 40.1 Å². The van der Waals surface area contributed by atoms with Gasteiger partial charge in [0.15, 0.2) is 0 Å². The molecule has 0 unspecified atom stereocenters. The summed E-state index contributed by atoms with van der Waals surface area (Å²) in [5, 5.41) is 4.33. The van der Waals surface area contributed by atoms with Crippen LogP contribution in [0, 0.1) is 12.7 Å². The van der Waals surface area contributed by atoms with Gasteiger partial charge in [0.25, 0.3) is 0 Å². The van der Waals surface area contributed by atoms with Gasteiger partial charge >= 0.3 is 0 Å². The van der Waals surface area contributed by atoms with Crippen LogP contribution in [0.15, 0.2) is 22.8 Å². The molecule has 0 aliphatic heterocycles. The second-order valence-electron chi connectivity index (χ2n) is 4.53. The van der Waals surface area contributed by atoms with Gasteiger partial charge in [-0.3, -0.25) is 9.25 Å². The third kappa shape index (κ3) is 2.03. The summed E-state index contributed by atoms with van der Waals surface area (Å²) in [6.07, 6.45) is 1.89. The number of aryl methyl sites for hydroxylation is 2. The van der Waals surface area contributed by atoms with E-state index in [1.54, 1.807) is 10.7 Å². The first-order valence-corrected chi connectivity index (χ1v) is 7.27. The van der Waals surface area contributed by atoms with Crippen molar-refractivity contribution in [2.24, 2.45) is 7.05 Å². The van der Waals surface area contributed by atoms with Gasteiger partial charge in [0, 0.05) is 19.3 Å². The second kappa shape index (κ2) is 4.86. The number of benzene rings is 1. The van der Waals surface area contributed by atoms with Gasteiger partial charge in [-0.2, -0.15) is 5.10 Å². The van der Waals surface area contributed by atoms with Gasteiger partial charge in [-0.05, 0) is 28.9 Å². The van der Waals surface area contributed by atoms with E-state index in [0.29, 0.717) is 15.8 Å². The largest absolute Gasteiger partial charge is 0.292 e. The Morgan fingerprint density at radius 3 is 2.75 bits per heavy atom. The Hall–Kier alpha value is -1.40. The molecule has 0 N–H and O–H groups in total. The van der Waals surface area contributed by atoms with E-state index in [4.69, 9.17) is 11.6 Å². The number of rotatable bonds is 2. The van der Waals surface area contributed by atoms with Crippen LogP contribution in [-0.2, 0) is 12.9 Å². The Labute approximate surface area is 128 Å². The molecule has 0 spiro atoms. The molecule has 0 bridgehead atoms. The van der Waals surface area contributed by atoms with Crippen LogP contribution >= 0.6 is 27.5 Å². The minimum atomic E-state index is -0.341. The Kier molecular flexibility index (Phi) is 3.30. The fourth-order valence-electron chi connectivity index (χ4n) is 2.29. The quantitative estimate of drug-likeness (QED) is 0.656. The van der Waals surface area contributed by atoms with Crippen LogP contribution in [0.2, 0.25) is 0 Å². The summed E-state index contributed by atoms with van der Waals surface area (Å²) in [6, 6.07) is 3.11. The zero-order valence-corrected chi connectivity index (χ0v) is 13.2. The molecule has 0 amide bonds. The second-order valence-corrected chi connectivity index (χ2v) is 5.65. The highest BCUT2D eigenvalue weighted by Gasteiger charge is 2.17. The first-order valence-electron chi connectivity index (χ1n) is 5.94. The van der Waals surface area contributed by atoms with Crippen molar-refractivity contribution in [2.45, 2.75) is 12.8 Å². The van der Waals surface area contributed by atoms with Gasteiger partial charge in [-0.15, -0.1) is 11.6 Å². The molecule has 0 fully saturated rings. The number of hydrogen-bond donors (Lipinski definition) is 0. The molecule has 2 aromatic heterocycles. The van der Waals surface area contributed by atoms with Crippen molar-refractivity contribution in [1.82, 2.24) is 19.3 Å². The van der Waals surface area contributed by atoms with Gasteiger partial charge in [-0.25, -0.2) is 9.37 Å². The van der Waals surface area contributed by atoms with Crippen molar-refractivity contribution in [1.29, 1.82) is 0 Å². The van der Waals surface area contributed by atoms with E-state index in [2.05, 4.69) is 26.0 Å². The third-order valence-electron chi connectivity index (χ3n) is 3.11. The standard InChI is InChI=1S/C13H11BrClFN4/c1-7-12(6-19(2)18-7)20-11-3-8(14)9(16)4-10(11)17-13(20)5-15/h3-4,6H,5H2,1-2H3. The average molecular weight is 358 g/mol. The zero-order valence-electron chi connectivity index (χ0n) is 10.9. The molecule has 4 nitrogen and oxygen atoms in total. The maximum Gasteiger partial charge on any atom is 0.139 e. The summed E-state index contributed by atoms with van der Waals surface area (Å²) in [5.74, 6) is 0.559. The number of nitrogens with zero attached hydrogens (tertiary/aromatic N) is 4. The van der Waals surface area contributed by atoms with Crippen LogP contribution in [0.5, 0.6) is 0 Å². The van der Waals surface area contributed by atoms with Crippen molar-refractivity contribution >= 4 is 38.6 Å². The van der Waals surface area contributed by atoms with Crippen LogP contribution in [-0.4, -0.2) is 19.3 Å². The number of imidazole rings is 1. The van der Waals surface area contributed by atoms with E-state index in [9.17, 15) is 4.39 Å². The fourth-order valence-corrected chi connectivity index (χ4v) is 2.80. The molecule has 20 heavy (non-hydrogen) atoms. The third-order valence-corrected chi connectivity index (χ3v) is 3.96. The molecule has 3 rings (SSSR count). The van der Waals surface area contributed by atoms with E-state index < -0.39 is 0 Å². The van der Waals surface area contributed by atoms with Crippen LogP contribution < -0.4 is 0 Å². The smallest absolute Gasteiger partial charge is 0.139 e. The molecule has 2 heterocycles. The Morgan fingerprint density at radius 2 is 2.15 bits per heavy atom. The number of alkyl halides is 1. The lowest BCUT2D eigenvalue weighted by molar-refractivity contribution is 0.623. The predicted octanol–water partition coefficient (Wildman–Crippen LogP) is 3.71. The molecule has 7 heteroatoms. The molecular weight excluding hydrogens is 347 g/mol. The minimum absolute atomic E-state index is 0.238. The average Bonchev–Trinajstić information content (AvgIpc) is 2.89. The predicted molar refractivity (Wildman–Crippen MR) is 79.8 cm³/mol. The number of aromatic nitrogens is 4. The number of hydrogen-bond acceptors (Lipinski definition) is 2. The molecule has 0 saturated carbocycles. The fraction of sp³-hybridized carbons (Fsp3) is 0.231. The highest BCUT2D eigenvalue weighted by Crippen LogP contribution is 2.28. The first kappa shape index (κ1) is 13.6. The van der Waals surface area contributed by atoms with E-state index >= 15 is 0 Å². The molecule has 0 atom stereocenters. The molecule has 0 saturated heterocycles. The van der Waals surface area contributed by atoms with Crippen LogP contribution in [0.1, 0.15) is 11.5 Å². The van der Waals surface area contributed by atoms with Crippen molar-refractivity contribution in [3.8, 4) is 5.69 Å². The minimum Gasteiger partial charge on any atom is -0.292 e. The summed E-state index contributed by atoms with van der Waals surface area (Å²) in [5.41, 5.74) is 3.12.